The molecule has 8 nitrogen and oxygen atoms in total. The third-order valence-electron chi connectivity index (χ3n) is 7.51. The fourth-order valence-corrected chi connectivity index (χ4v) is 5.07. The molecular formula is C31H51N3O5. The number of nitrogens with one attached hydrogen (secondary N) is 2. The highest BCUT2D eigenvalue weighted by atomic mass is 16.6. The number of alkyl carbamates (subject to hydrolysis) is 1. The van der Waals surface area contributed by atoms with Crippen molar-refractivity contribution in [1.82, 2.24) is 15.5 Å². The standard InChI is InChI=1S/C31H51N3O5/c1-8-10-14-20-34(29(37)25(21(3)9-2)33-30(38)39-31(5,6)7)26(24-19-15-16-22(4)27(24)35)28(36)32-23-17-12-11-13-18-23/h15-16,19,21,23,25-26,35H,8-14,17-18,20H2,1-7H3,(H,32,36)(H,33,38). The van der Waals surface area contributed by atoms with Gasteiger partial charge in [-0.1, -0.05) is 77.5 Å². The number of nitrogens with zero attached hydrogens (tertiary/aromatic N) is 1. The number of aryl methyl sites for hydroxylation is 1. The van der Waals surface area contributed by atoms with Crippen LogP contribution in [0.1, 0.15) is 116 Å². The molecule has 0 heterocycles. The molecule has 8 heteroatoms. The van der Waals surface area contributed by atoms with Gasteiger partial charge in [-0.25, -0.2) is 4.79 Å². The summed E-state index contributed by atoms with van der Waals surface area (Å²) in [5.41, 5.74) is 0.312. The Morgan fingerprint density at radius 1 is 1.10 bits per heavy atom. The highest BCUT2D eigenvalue weighted by Crippen LogP contribution is 2.33. The summed E-state index contributed by atoms with van der Waals surface area (Å²) >= 11 is 0. The van der Waals surface area contributed by atoms with Gasteiger partial charge in [0.25, 0.3) is 0 Å². The number of amides is 3. The minimum absolute atomic E-state index is 0.00905. The second-order valence-corrected chi connectivity index (χ2v) is 12.0. The largest absolute Gasteiger partial charge is 0.507 e. The van der Waals surface area contributed by atoms with Crippen LogP contribution in [0.3, 0.4) is 0 Å². The molecule has 0 bridgehead atoms. The number of ether oxygens (including phenoxy) is 1. The van der Waals surface area contributed by atoms with Gasteiger partial charge in [-0.3, -0.25) is 9.59 Å². The lowest BCUT2D eigenvalue weighted by atomic mass is 9.93. The first-order valence-corrected chi connectivity index (χ1v) is 14.8. The molecule has 1 aliphatic carbocycles. The maximum Gasteiger partial charge on any atom is 0.408 e. The number of phenols is 1. The summed E-state index contributed by atoms with van der Waals surface area (Å²) in [4.78, 5) is 42.7. The van der Waals surface area contributed by atoms with E-state index in [0.29, 0.717) is 30.5 Å². The second-order valence-electron chi connectivity index (χ2n) is 12.0. The molecule has 1 aromatic carbocycles. The Balaban J connectivity index is 2.54. The Kier molecular flexibility index (Phi) is 12.6. The lowest BCUT2D eigenvalue weighted by Crippen LogP contribution is -2.56. The molecule has 220 valence electrons. The molecule has 39 heavy (non-hydrogen) atoms. The van der Waals surface area contributed by atoms with Crippen LogP contribution in [-0.4, -0.2) is 52.1 Å². The summed E-state index contributed by atoms with van der Waals surface area (Å²) in [6.45, 7) is 13.4. The van der Waals surface area contributed by atoms with E-state index in [1.807, 2.05) is 13.8 Å². The van der Waals surface area contributed by atoms with E-state index >= 15 is 0 Å². The zero-order valence-electron chi connectivity index (χ0n) is 25.1. The van der Waals surface area contributed by atoms with Crippen LogP contribution in [0, 0.1) is 12.8 Å². The number of unbranched alkanes of at least 4 members (excludes halogenated alkanes) is 2. The molecule has 1 aliphatic rings. The average molecular weight is 546 g/mol. The molecule has 3 unspecified atom stereocenters. The highest BCUT2D eigenvalue weighted by molar-refractivity contribution is 5.93. The smallest absolute Gasteiger partial charge is 0.408 e. The van der Waals surface area contributed by atoms with Crippen molar-refractivity contribution in [2.75, 3.05) is 6.54 Å². The Hall–Kier alpha value is -2.77. The van der Waals surface area contributed by atoms with Crippen molar-refractivity contribution in [2.45, 2.75) is 130 Å². The predicted octanol–water partition coefficient (Wildman–Crippen LogP) is 6.15. The molecule has 1 aromatic rings. The molecule has 1 fully saturated rings. The molecular weight excluding hydrogens is 494 g/mol. The maximum absolute atomic E-state index is 14.3. The number of aromatic hydroxyl groups is 1. The van der Waals surface area contributed by atoms with E-state index in [2.05, 4.69) is 17.6 Å². The van der Waals surface area contributed by atoms with Crippen molar-refractivity contribution < 1.29 is 24.2 Å². The van der Waals surface area contributed by atoms with Crippen molar-refractivity contribution in [1.29, 1.82) is 0 Å². The van der Waals surface area contributed by atoms with Crippen molar-refractivity contribution in [3.8, 4) is 5.75 Å². The van der Waals surface area contributed by atoms with Crippen LogP contribution in [0.2, 0.25) is 0 Å². The first-order valence-electron chi connectivity index (χ1n) is 14.8. The van der Waals surface area contributed by atoms with Gasteiger partial charge in [0.05, 0.1) is 0 Å². The lowest BCUT2D eigenvalue weighted by Gasteiger charge is -2.37. The molecule has 3 N–H and O–H groups in total. The summed E-state index contributed by atoms with van der Waals surface area (Å²) < 4.78 is 5.48. The normalized spacial score (nSPS) is 16.6. The van der Waals surface area contributed by atoms with E-state index in [4.69, 9.17) is 4.74 Å². The maximum atomic E-state index is 14.3. The summed E-state index contributed by atoms with van der Waals surface area (Å²) in [5, 5.41) is 17.1. The summed E-state index contributed by atoms with van der Waals surface area (Å²) in [7, 11) is 0. The molecule has 0 saturated heterocycles. The fourth-order valence-electron chi connectivity index (χ4n) is 5.07. The van der Waals surface area contributed by atoms with Crippen LogP contribution >= 0.6 is 0 Å². The van der Waals surface area contributed by atoms with Crippen LogP contribution in [0.15, 0.2) is 18.2 Å². The number of hydrogen-bond donors (Lipinski definition) is 3. The van der Waals surface area contributed by atoms with Crippen LogP contribution in [0.4, 0.5) is 4.79 Å². The van der Waals surface area contributed by atoms with Gasteiger partial charge in [0.15, 0.2) is 0 Å². The minimum Gasteiger partial charge on any atom is -0.507 e. The van der Waals surface area contributed by atoms with Gasteiger partial charge in [0.1, 0.15) is 23.4 Å². The van der Waals surface area contributed by atoms with E-state index in [0.717, 1.165) is 44.9 Å². The van der Waals surface area contributed by atoms with E-state index in [9.17, 15) is 19.5 Å². The van der Waals surface area contributed by atoms with Gasteiger partial charge in [-0.2, -0.15) is 0 Å². The van der Waals surface area contributed by atoms with E-state index in [1.165, 1.54) is 0 Å². The molecule has 0 spiro atoms. The SMILES string of the molecule is CCCCCN(C(=O)C(NC(=O)OC(C)(C)C)C(C)CC)C(C(=O)NC1CCCCC1)c1cccc(C)c1O. The Morgan fingerprint density at radius 2 is 1.77 bits per heavy atom. The molecule has 2 rings (SSSR count). The van der Waals surface area contributed by atoms with Gasteiger partial charge < -0.3 is 25.4 Å². The van der Waals surface area contributed by atoms with Crippen LogP contribution in [0.5, 0.6) is 5.75 Å². The van der Waals surface area contributed by atoms with Crippen LogP contribution in [0.25, 0.3) is 0 Å². The lowest BCUT2D eigenvalue weighted by molar-refractivity contribution is -0.144. The fraction of sp³-hybridized carbons (Fsp3) is 0.710. The number of benzene rings is 1. The Morgan fingerprint density at radius 3 is 2.36 bits per heavy atom. The molecule has 0 aliphatic heterocycles. The number of phenolic OH excluding ortho intramolecular Hbond substituents is 1. The van der Waals surface area contributed by atoms with E-state index < -0.39 is 23.8 Å². The summed E-state index contributed by atoms with van der Waals surface area (Å²) in [6, 6.07) is 3.42. The first-order chi connectivity index (χ1) is 18.4. The van der Waals surface area contributed by atoms with Crippen molar-refractivity contribution >= 4 is 17.9 Å². The number of carbonyl (C=O) groups excluding carboxylic acids is 3. The highest BCUT2D eigenvalue weighted by Gasteiger charge is 2.39. The van der Waals surface area contributed by atoms with Gasteiger partial charge >= 0.3 is 6.09 Å². The monoisotopic (exact) mass is 545 g/mol. The van der Waals surface area contributed by atoms with E-state index in [1.54, 1.807) is 50.8 Å². The molecule has 3 atom stereocenters. The van der Waals surface area contributed by atoms with Crippen LogP contribution in [-0.2, 0) is 14.3 Å². The van der Waals surface area contributed by atoms with Crippen molar-refractivity contribution in [3.05, 3.63) is 29.3 Å². The summed E-state index contributed by atoms with van der Waals surface area (Å²) in [6.07, 6.45) is 7.57. The van der Waals surface area contributed by atoms with Gasteiger partial charge in [-0.15, -0.1) is 0 Å². The quantitative estimate of drug-likeness (QED) is 0.273. The Bertz CT molecular complexity index is 952. The number of carbonyl (C=O) groups is 3. The molecule has 0 radical (unpaired) electrons. The zero-order valence-corrected chi connectivity index (χ0v) is 25.1. The Labute approximate surface area is 235 Å². The predicted molar refractivity (Wildman–Crippen MR) is 154 cm³/mol. The van der Waals surface area contributed by atoms with Crippen molar-refractivity contribution in [3.63, 3.8) is 0 Å². The van der Waals surface area contributed by atoms with Crippen molar-refractivity contribution in [2.24, 2.45) is 5.92 Å². The minimum atomic E-state index is -1.02. The summed E-state index contributed by atoms with van der Waals surface area (Å²) in [5.74, 6) is -0.842. The van der Waals surface area contributed by atoms with Gasteiger partial charge in [-0.05, 0) is 58.4 Å². The topological polar surface area (TPSA) is 108 Å². The van der Waals surface area contributed by atoms with E-state index in [-0.39, 0.29) is 29.5 Å². The van der Waals surface area contributed by atoms with Gasteiger partial charge in [0.2, 0.25) is 11.8 Å². The number of hydrogen-bond acceptors (Lipinski definition) is 5. The average Bonchev–Trinajstić information content (AvgIpc) is 2.87. The third kappa shape index (κ3) is 9.73. The third-order valence-corrected chi connectivity index (χ3v) is 7.51. The number of rotatable bonds is 12. The van der Waals surface area contributed by atoms with Gasteiger partial charge in [0, 0.05) is 18.2 Å². The number of para-hydroxylation sites is 1. The zero-order chi connectivity index (χ0) is 29.2. The molecule has 3 amide bonds. The molecule has 0 aromatic heterocycles. The molecule has 1 saturated carbocycles. The van der Waals surface area contributed by atoms with Crippen LogP contribution < -0.4 is 10.6 Å². The second kappa shape index (κ2) is 15.1. The first kappa shape index (κ1) is 32.4.